The Kier molecular flexibility index (Phi) is 3.36. The molecular weight excluding hydrogens is 260 g/mol. The molecule has 1 fully saturated rings. The fraction of sp³-hybridized carbons (Fsp3) is 0.615. The second-order valence-electron chi connectivity index (χ2n) is 5.40. The third-order valence-electron chi connectivity index (χ3n) is 3.86. The summed E-state index contributed by atoms with van der Waals surface area (Å²) in [7, 11) is 0. The van der Waals surface area contributed by atoms with Crippen molar-refractivity contribution < 1.29 is 4.52 Å². The topological polar surface area (TPSA) is 77.8 Å². The van der Waals surface area contributed by atoms with Crippen LogP contribution < -0.4 is 5.73 Å². The number of nitrogens with two attached hydrogens (primary N) is 1. The average molecular weight is 278 g/mol. The Bertz CT molecular complexity index is 553. The van der Waals surface area contributed by atoms with E-state index in [0.717, 1.165) is 22.9 Å². The summed E-state index contributed by atoms with van der Waals surface area (Å²) in [6.07, 6.45) is 5.07. The van der Waals surface area contributed by atoms with Crippen LogP contribution in [0.3, 0.4) is 0 Å². The number of rotatable bonds is 5. The first-order chi connectivity index (χ1) is 9.19. The van der Waals surface area contributed by atoms with Crippen LogP contribution in [0.2, 0.25) is 0 Å². The Morgan fingerprint density at radius 2 is 2.26 bits per heavy atom. The van der Waals surface area contributed by atoms with Crippen molar-refractivity contribution in [3.8, 4) is 0 Å². The first kappa shape index (κ1) is 12.7. The van der Waals surface area contributed by atoms with E-state index in [9.17, 15) is 0 Å². The van der Waals surface area contributed by atoms with Gasteiger partial charge in [0, 0.05) is 17.5 Å². The quantitative estimate of drug-likeness (QED) is 0.906. The lowest BCUT2D eigenvalue weighted by molar-refractivity contribution is 0.129. The molecule has 2 aromatic heterocycles. The van der Waals surface area contributed by atoms with Gasteiger partial charge in [-0.2, -0.15) is 4.98 Å². The minimum Gasteiger partial charge on any atom is -0.339 e. The van der Waals surface area contributed by atoms with E-state index in [0.29, 0.717) is 18.9 Å². The zero-order valence-corrected chi connectivity index (χ0v) is 11.9. The highest BCUT2D eigenvalue weighted by Crippen LogP contribution is 2.42. The highest BCUT2D eigenvalue weighted by atomic mass is 32.1. The summed E-state index contributed by atoms with van der Waals surface area (Å²) >= 11 is 1.63. The minimum atomic E-state index is 0.210. The molecule has 0 bridgehead atoms. The summed E-state index contributed by atoms with van der Waals surface area (Å²) in [5, 5.41) is 7.10. The fourth-order valence-electron chi connectivity index (χ4n) is 2.50. The zero-order valence-electron chi connectivity index (χ0n) is 11.1. The molecule has 1 aliphatic carbocycles. The molecule has 0 aromatic carbocycles. The molecule has 2 heterocycles. The first-order valence-electron chi connectivity index (χ1n) is 6.62. The zero-order chi connectivity index (χ0) is 13.3. The second kappa shape index (κ2) is 5.02. The van der Waals surface area contributed by atoms with Crippen molar-refractivity contribution in [2.24, 2.45) is 11.1 Å². The molecular formula is C13H18N4OS. The van der Waals surface area contributed by atoms with E-state index in [-0.39, 0.29) is 5.41 Å². The van der Waals surface area contributed by atoms with Crippen LogP contribution in [-0.4, -0.2) is 21.7 Å². The lowest BCUT2D eigenvalue weighted by atomic mass is 9.67. The van der Waals surface area contributed by atoms with E-state index in [1.54, 1.807) is 11.3 Å². The van der Waals surface area contributed by atoms with Crippen LogP contribution in [0.1, 0.15) is 41.7 Å². The van der Waals surface area contributed by atoms with Gasteiger partial charge in [0.25, 0.3) is 0 Å². The largest absolute Gasteiger partial charge is 0.339 e. The highest BCUT2D eigenvalue weighted by Gasteiger charge is 2.37. The molecule has 0 saturated heterocycles. The maximum Gasteiger partial charge on any atom is 0.227 e. The number of thiazole rings is 1. The number of aryl methyl sites for hydroxylation is 1. The molecule has 2 aromatic rings. The van der Waals surface area contributed by atoms with Crippen molar-refractivity contribution in [3.63, 3.8) is 0 Å². The van der Waals surface area contributed by atoms with E-state index in [1.165, 1.54) is 19.3 Å². The van der Waals surface area contributed by atoms with Crippen LogP contribution in [0, 0.1) is 12.3 Å². The number of hydrogen-bond donors (Lipinski definition) is 1. The van der Waals surface area contributed by atoms with E-state index in [2.05, 4.69) is 15.1 Å². The molecule has 0 aliphatic heterocycles. The molecule has 0 radical (unpaired) electrons. The van der Waals surface area contributed by atoms with Crippen molar-refractivity contribution in [1.29, 1.82) is 0 Å². The Morgan fingerprint density at radius 3 is 2.84 bits per heavy atom. The molecule has 3 rings (SSSR count). The summed E-state index contributed by atoms with van der Waals surface area (Å²) in [5.74, 6) is 1.43. The first-order valence-corrected chi connectivity index (χ1v) is 7.50. The van der Waals surface area contributed by atoms with E-state index in [4.69, 9.17) is 10.3 Å². The van der Waals surface area contributed by atoms with Gasteiger partial charge < -0.3 is 10.3 Å². The second-order valence-corrected chi connectivity index (χ2v) is 6.34. The van der Waals surface area contributed by atoms with Gasteiger partial charge in [0.05, 0.1) is 6.42 Å². The van der Waals surface area contributed by atoms with Crippen molar-refractivity contribution in [3.05, 3.63) is 27.8 Å². The molecule has 0 unspecified atom stereocenters. The van der Waals surface area contributed by atoms with Crippen molar-refractivity contribution >= 4 is 11.3 Å². The van der Waals surface area contributed by atoms with Crippen LogP contribution in [0.5, 0.6) is 0 Å². The monoisotopic (exact) mass is 278 g/mol. The summed E-state index contributed by atoms with van der Waals surface area (Å²) in [6.45, 7) is 2.69. The molecule has 1 aliphatic rings. The normalized spacial score (nSPS) is 17.4. The van der Waals surface area contributed by atoms with Crippen LogP contribution in [-0.2, 0) is 12.8 Å². The average Bonchev–Trinajstić information content (AvgIpc) is 2.94. The van der Waals surface area contributed by atoms with Crippen LogP contribution in [0.25, 0.3) is 0 Å². The predicted molar refractivity (Wildman–Crippen MR) is 73.0 cm³/mol. The Balaban J connectivity index is 1.66. The van der Waals surface area contributed by atoms with Crippen LogP contribution in [0.4, 0.5) is 0 Å². The Labute approximate surface area is 116 Å². The van der Waals surface area contributed by atoms with E-state index < -0.39 is 0 Å². The lowest BCUT2D eigenvalue weighted by Crippen LogP contribution is -2.39. The summed E-state index contributed by atoms with van der Waals surface area (Å²) in [4.78, 5) is 8.87. The molecule has 2 N–H and O–H groups in total. The Hall–Kier alpha value is -1.27. The standard InChI is InChI=1S/C13H18N4OS/c1-9-7-19-12(15-9)5-10-16-11(18-17-10)6-13(8-14)3-2-4-13/h7H,2-6,8,14H2,1H3. The minimum absolute atomic E-state index is 0.210. The number of aromatic nitrogens is 3. The molecule has 19 heavy (non-hydrogen) atoms. The molecule has 6 heteroatoms. The molecule has 0 atom stereocenters. The summed E-state index contributed by atoms with van der Waals surface area (Å²) in [5.41, 5.74) is 7.10. The van der Waals surface area contributed by atoms with Crippen LogP contribution >= 0.6 is 11.3 Å². The highest BCUT2D eigenvalue weighted by molar-refractivity contribution is 7.09. The van der Waals surface area contributed by atoms with E-state index >= 15 is 0 Å². The maximum absolute atomic E-state index is 5.85. The number of hydrogen-bond acceptors (Lipinski definition) is 6. The third-order valence-corrected chi connectivity index (χ3v) is 4.83. The van der Waals surface area contributed by atoms with Crippen molar-refractivity contribution in [1.82, 2.24) is 15.1 Å². The SMILES string of the molecule is Cc1csc(Cc2noc(CC3(CN)CCC3)n2)n1. The lowest BCUT2D eigenvalue weighted by Gasteiger charge is -2.39. The van der Waals surface area contributed by atoms with Gasteiger partial charge in [-0.1, -0.05) is 11.6 Å². The van der Waals surface area contributed by atoms with Gasteiger partial charge in [0.15, 0.2) is 5.82 Å². The van der Waals surface area contributed by atoms with Crippen LogP contribution in [0.15, 0.2) is 9.90 Å². The molecule has 0 spiro atoms. The Morgan fingerprint density at radius 1 is 1.42 bits per heavy atom. The van der Waals surface area contributed by atoms with Crippen molar-refractivity contribution in [2.45, 2.75) is 39.0 Å². The number of nitrogens with zero attached hydrogens (tertiary/aromatic N) is 3. The smallest absolute Gasteiger partial charge is 0.227 e. The molecule has 102 valence electrons. The maximum atomic E-state index is 5.85. The molecule has 0 amide bonds. The van der Waals surface area contributed by atoms with E-state index in [1.807, 2.05) is 12.3 Å². The summed E-state index contributed by atoms with van der Waals surface area (Å²) < 4.78 is 5.34. The van der Waals surface area contributed by atoms with Gasteiger partial charge in [-0.15, -0.1) is 11.3 Å². The van der Waals surface area contributed by atoms with Gasteiger partial charge in [0.2, 0.25) is 5.89 Å². The van der Waals surface area contributed by atoms with Gasteiger partial charge in [-0.25, -0.2) is 4.98 Å². The summed E-state index contributed by atoms with van der Waals surface area (Å²) in [6, 6.07) is 0. The van der Waals surface area contributed by atoms with Gasteiger partial charge in [0.1, 0.15) is 5.01 Å². The van der Waals surface area contributed by atoms with Gasteiger partial charge in [-0.3, -0.25) is 0 Å². The predicted octanol–water partition coefficient (Wildman–Crippen LogP) is 2.10. The molecule has 1 saturated carbocycles. The fourth-order valence-corrected chi connectivity index (χ4v) is 3.27. The van der Waals surface area contributed by atoms with Gasteiger partial charge in [-0.05, 0) is 31.7 Å². The molecule has 5 nitrogen and oxygen atoms in total. The van der Waals surface area contributed by atoms with Gasteiger partial charge >= 0.3 is 0 Å². The van der Waals surface area contributed by atoms with Crippen molar-refractivity contribution in [2.75, 3.05) is 6.54 Å². The third kappa shape index (κ3) is 2.69.